The smallest absolute Gasteiger partial charge is 0.120 e. The lowest BCUT2D eigenvalue weighted by Gasteiger charge is -2.27. The molecule has 0 saturated heterocycles. The van der Waals surface area contributed by atoms with Crippen molar-refractivity contribution in [3.05, 3.63) is 83.3 Å². The SMILES string of the molecule is Cc1cnc(C)c(-c2ccc(O)c(CN3CC=C(c4ccccc4)CC3)c2)n1. The van der Waals surface area contributed by atoms with Gasteiger partial charge in [-0.3, -0.25) is 9.88 Å². The van der Waals surface area contributed by atoms with E-state index >= 15 is 0 Å². The summed E-state index contributed by atoms with van der Waals surface area (Å²) in [6, 6.07) is 16.3. The van der Waals surface area contributed by atoms with Crippen LogP contribution in [0.2, 0.25) is 0 Å². The van der Waals surface area contributed by atoms with Crippen LogP contribution in [-0.2, 0) is 6.54 Å². The summed E-state index contributed by atoms with van der Waals surface area (Å²) in [6.07, 6.45) is 5.10. The molecule has 1 aliphatic heterocycles. The minimum Gasteiger partial charge on any atom is -0.508 e. The van der Waals surface area contributed by atoms with Gasteiger partial charge >= 0.3 is 0 Å². The molecule has 3 aromatic rings. The molecule has 2 heterocycles. The molecule has 4 heteroatoms. The average Bonchev–Trinajstić information content (AvgIpc) is 2.73. The Balaban J connectivity index is 1.53. The Morgan fingerprint density at radius 2 is 1.86 bits per heavy atom. The van der Waals surface area contributed by atoms with E-state index in [1.165, 1.54) is 11.1 Å². The van der Waals surface area contributed by atoms with Gasteiger partial charge in [0, 0.05) is 37.0 Å². The Morgan fingerprint density at radius 3 is 2.61 bits per heavy atom. The van der Waals surface area contributed by atoms with Crippen molar-refractivity contribution in [2.24, 2.45) is 0 Å². The predicted octanol–water partition coefficient (Wildman–Crippen LogP) is 4.76. The van der Waals surface area contributed by atoms with Crippen LogP contribution in [0.5, 0.6) is 5.75 Å². The first-order valence-electron chi connectivity index (χ1n) is 9.69. The van der Waals surface area contributed by atoms with Gasteiger partial charge < -0.3 is 5.11 Å². The molecule has 142 valence electrons. The van der Waals surface area contributed by atoms with Crippen LogP contribution in [0.4, 0.5) is 0 Å². The van der Waals surface area contributed by atoms with Gasteiger partial charge in [-0.1, -0.05) is 36.4 Å². The van der Waals surface area contributed by atoms with Crippen molar-refractivity contribution in [2.45, 2.75) is 26.8 Å². The molecule has 4 nitrogen and oxygen atoms in total. The van der Waals surface area contributed by atoms with Crippen LogP contribution in [0.3, 0.4) is 0 Å². The highest BCUT2D eigenvalue weighted by Gasteiger charge is 2.16. The van der Waals surface area contributed by atoms with Crippen molar-refractivity contribution in [1.82, 2.24) is 14.9 Å². The summed E-state index contributed by atoms with van der Waals surface area (Å²) < 4.78 is 0. The zero-order valence-electron chi connectivity index (χ0n) is 16.4. The van der Waals surface area contributed by atoms with Crippen molar-refractivity contribution in [2.75, 3.05) is 13.1 Å². The molecule has 0 radical (unpaired) electrons. The minimum absolute atomic E-state index is 0.333. The Hall–Kier alpha value is -2.98. The molecule has 0 saturated carbocycles. The van der Waals surface area contributed by atoms with Gasteiger partial charge in [-0.15, -0.1) is 0 Å². The number of phenolic OH excluding ortho intramolecular Hbond substituents is 1. The molecule has 0 fully saturated rings. The van der Waals surface area contributed by atoms with Crippen LogP contribution in [0.25, 0.3) is 16.8 Å². The van der Waals surface area contributed by atoms with Crippen LogP contribution in [0.15, 0.2) is 60.8 Å². The Bertz CT molecular complexity index is 1010. The molecule has 0 spiro atoms. The predicted molar refractivity (Wildman–Crippen MR) is 113 cm³/mol. The highest BCUT2D eigenvalue weighted by Crippen LogP contribution is 2.29. The van der Waals surface area contributed by atoms with Crippen molar-refractivity contribution >= 4 is 5.57 Å². The lowest BCUT2D eigenvalue weighted by Crippen LogP contribution is -2.28. The molecule has 0 bridgehead atoms. The molecule has 1 aromatic heterocycles. The third-order valence-corrected chi connectivity index (χ3v) is 5.26. The maximum absolute atomic E-state index is 10.4. The molecule has 2 aromatic carbocycles. The van der Waals surface area contributed by atoms with E-state index in [2.05, 4.69) is 51.3 Å². The summed E-state index contributed by atoms with van der Waals surface area (Å²) in [6.45, 7) is 6.50. The van der Waals surface area contributed by atoms with Crippen molar-refractivity contribution < 1.29 is 5.11 Å². The molecule has 4 rings (SSSR count). The van der Waals surface area contributed by atoms with Crippen LogP contribution in [0, 0.1) is 13.8 Å². The summed E-state index contributed by atoms with van der Waals surface area (Å²) in [4.78, 5) is 11.4. The van der Waals surface area contributed by atoms with Gasteiger partial charge in [0.2, 0.25) is 0 Å². The topological polar surface area (TPSA) is 49.3 Å². The number of phenols is 1. The van der Waals surface area contributed by atoms with E-state index in [0.717, 1.165) is 54.3 Å². The normalized spacial score (nSPS) is 14.7. The zero-order chi connectivity index (χ0) is 19.5. The first-order valence-corrected chi connectivity index (χ1v) is 9.69. The molecule has 28 heavy (non-hydrogen) atoms. The first-order chi connectivity index (χ1) is 13.6. The maximum Gasteiger partial charge on any atom is 0.120 e. The van der Waals surface area contributed by atoms with Crippen molar-refractivity contribution in [1.29, 1.82) is 0 Å². The van der Waals surface area contributed by atoms with Gasteiger partial charge in [0.05, 0.1) is 17.1 Å². The molecule has 0 amide bonds. The first kappa shape index (κ1) is 18.4. The second-order valence-electron chi connectivity index (χ2n) is 7.37. The highest BCUT2D eigenvalue weighted by molar-refractivity contribution is 5.67. The van der Waals surface area contributed by atoms with Gasteiger partial charge in [0.15, 0.2) is 0 Å². The number of rotatable bonds is 4. The van der Waals surface area contributed by atoms with Crippen LogP contribution >= 0.6 is 0 Å². The number of nitrogens with zero attached hydrogens (tertiary/aromatic N) is 3. The minimum atomic E-state index is 0.333. The maximum atomic E-state index is 10.4. The summed E-state index contributed by atoms with van der Waals surface area (Å²) in [5, 5.41) is 10.4. The summed E-state index contributed by atoms with van der Waals surface area (Å²) in [5.74, 6) is 0.333. The number of hydrogen-bond donors (Lipinski definition) is 1. The van der Waals surface area contributed by atoms with Crippen LogP contribution in [-0.4, -0.2) is 33.1 Å². The van der Waals surface area contributed by atoms with E-state index < -0.39 is 0 Å². The molecule has 0 aliphatic carbocycles. The number of benzene rings is 2. The van der Waals surface area contributed by atoms with Crippen molar-refractivity contribution in [3.63, 3.8) is 0 Å². The van der Waals surface area contributed by atoms with Gasteiger partial charge in [0.1, 0.15) is 5.75 Å². The zero-order valence-corrected chi connectivity index (χ0v) is 16.4. The van der Waals surface area contributed by atoms with E-state index in [1.54, 1.807) is 12.3 Å². The van der Waals surface area contributed by atoms with E-state index in [1.807, 2.05) is 26.0 Å². The van der Waals surface area contributed by atoms with Crippen LogP contribution < -0.4 is 0 Å². The fourth-order valence-corrected chi connectivity index (χ4v) is 3.68. The lowest BCUT2D eigenvalue weighted by molar-refractivity contribution is 0.289. The van der Waals surface area contributed by atoms with Crippen LogP contribution in [0.1, 0.15) is 28.9 Å². The Morgan fingerprint density at radius 1 is 1.04 bits per heavy atom. The fraction of sp³-hybridized carbons (Fsp3) is 0.250. The second kappa shape index (κ2) is 7.95. The Kier molecular flexibility index (Phi) is 5.22. The number of aryl methyl sites for hydroxylation is 2. The number of hydrogen-bond acceptors (Lipinski definition) is 4. The van der Waals surface area contributed by atoms with Gasteiger partial charge in [-0.05, 0) is 49.6 Å². The molecule has 0 atom stereocenters. The number of aromatic nitrogens is 2. The summed E-state index contributed by atoms with van der Waals surface area (Å²) in [5.41, 5.74) is 7.31. The van der Waals surface area contributed by atoms with Gasteiger partial charge in [0.25, 0.3) is 0 Å². The van der Waals surface area contributed by atoms with E-state index in [9.17, 15) is 5.11 Å². The summed E-state index contributed by atoms with van der Waals surface area (Å²) in [7, 11) is 0. The Labute approximate surface area is 166 Å². The van der Waals surface area contributed by atoms with E-state index in [0.29, 0.717) is 5.75 Å². The van der Waals surface area contributed by atoms with Gasteiger partial charge in [-0.25, -0.2) is 4.98 Å². The molecule has 0 unspecified atom stereocenters. The lowest BCUT2D eigenvalue weighted by atomic mass is 9.99. The average molecular weight is 371 g/mol. The third-order valence-electron chi connectivity index (χ3n) is 5.26. The highest BCUT2D eigenvalue weighted by atomic mass is 16.3. The van der Waals surface area contributed by atoms with Gasteiger partial charge in [-0.2, -0.15) is 0 Å². The molecule has 1 aliphatic rings. The quantitative estimate of drug-likeness (QED) is 0.719. The van der Waals surface area contributed by atoms with E-state index in [4.69, 9.17) is 0 Å². The largest absolute Gasteiger partial charge is 0.508 e. The standard InChI is InChI=1S/C24H25N3O/c1-17-15-25-18(2)24(26-17)21-8-9-23(28)22(14-21)16-27-12-10-20(11-13-27)19-6-4-3-5-7-19/h3-10,14-15,28H,11-13,16H2,1-2H3. The summed E-state index contributed by atoms with van der Waals surface area (Å²) >= 11 is 0. The third kappa shape index (κ3) is 3.97. The second-order valence-corrected chi connectivity index (χ2v) is 7.37. The molecular formula is C24H25N3O. The van der Waals surface area contributed by atoms with E-state index in [-0.39, 0.29) is 0 Å². The number of aromatic hydroxyl groups is 1. The molecule has 1 N–H and O–H groups in total. The fourth-order valence-electron chi connectivity index (χ4n) is 3.68. The monoisotopic (exact) mass is 371 g/mol. The van der Waals surface area contributed by atoms with Crippen molar-refractivity contribution in [3.8, 4) is 17.0 Å². The molecular weight excluding hydrogens is 346 g/mol.